The van der Waals surface area contributed by atoms with E-state index in [1.807, 2.05) is 12.3 Å². The molecule has 84 valence electrons. The summed E-state index contributed by atoms with van der Waals surface area (Å²) >= 11 is 3.23. The Bertz CT molecular complexity index is 328. The molecule has 1 atom stereocenters. The van der Waals surface area contributed by atoms with Gasteiger partial charge in [0.05, 0.1) is 7.11 Å². The van der Waals surface area contributed by atoms with E-state index < -0.39 is 6.04 Å². The largest absolute Gasteiger partial charge is 0.468 e. The van der Waals surface area contributed by atoms with E-state index in [0.717, 1.165) is 15.8 Å². The lowest BCUT2D eigenvalue weighted by atomic mass is 10.2. The number of nitrogens with two attached hydrogens (primary N) is 1. The van der Waals surface area contributed by atoms with Gasteiger partial charge in [0.15, 0.2) is 0 Å². The number of rotatable bonds is 5. The van der Waals surface area contributed by atoms with Gasteiger partial charge in [0.25, 0.3) is 0 Å². The molecule has 2 N–H and O–H groups in total. The van der Waals surface area contributed by atoms with Crippen molar-refractivity contribution in [2.75, 3.05) is 12.9 Å². The first-order chi connectivity index (χ1) is 7.13. The van der Waals surface area contributed by atoms with Gasteiger partial charge in [-0.2, -0.15) is 0 Å². The SMILES string of the molecule is COC(=O)C(N)CCSc1nc(C)cs1. The third-order valence-corrected chi connectivity index (χ3v) is 3.93. The second-order valence-electron chi connectivity index (χ2n) is 3.02. The third kappa shape index (κ3) is 4.19. The van der Waals surface area contributed by atoms with Gasteiger partial charge in [-0.3, -0.25) is 4.79 Å². The molecule has 1 aromatic heterocycles. The highest BCUT2D eigenvalue weighted by Crippen LogP contribution is 2.23. The fourth-order valence-corrected chi connectivity index (χ4v) is 2.88. The number of aryl methyl sites for hydroxylation is 1. The average Bonchev–Trinajstić information content (AvgIpc) is 2.63. The number of hydrogen-bond donors (Lipinski definition) is 1. The molecule has 1 heterocycles. The van der Waals surface area contributed by atoms with Gasteiger partial charge in [-0.25, -0.2) is 4.98 Å². The number of thiazole rings is 1. The number of nitrogens with zero attached hydrogens (tertiary/aromatic N) is 1. The van der Waals surface area contributed by atoms with Crippen molar-refractivity contribution >= 4 is 29.1 Å². The quantitative estimate of drug-likeness (QED) is 0.629. The Labute approximate surface area is 97.2 Å². The van der Waals surface area contributed by atoms with E-state index >= 15 is 0 Å². The van der Waals surface area contributed by atoms with Crippen LogP contribution in [0.1, 0.15) is 12.1 Å². The molecule has 0 saturated heterocycles. The summed E-state index contributed by atoms with van der Waals surface area (Å²) in [6, 6.07) is -0.524. The highest BCUT2D eigenvalue weighted by atomic mass is 32.2. The molecule has 1 unspecified atom stereocenters. The number of thioether (sulfide) groups is 1. The molecule has 0 aliphatic heterocycles. The van der Waals surface area contributed by atoms with Crippen LogP contribution in [0.2, 0.25) is 0 Å². The fourth-order valence-electron chi connectivity index (χ4n) is 0.941. The monoisotopic (exact) mass is 246 g/mol. The van der Waals surface area contributed by atoms with Crippen molar-refractivity contribution in [2.24, 2.45) is 5.73 Å². The summed E-state index contributed by atoms with van der Waals surface area (Å²) in [5, 5.41) is 2.00. The molecule has 4 nitrogen and oxygen atoms in total. The zero-order valence-electron chi connectivity index (χ0n) is 8.73. The van der Waals surface area contributed by atoms with Crippen LogP contribution < -0.4 is 5.73 Å². The Morgan fingerprint density at radius 1 is 1.80 bits per heavy atom. The van der Waals surface area contributed by atoms with E-state index in [-0.39, 0.29) is 5.97 Å². The molecule has 0 amide bonds. The maximum Gasteiger partial charge on any atom is 0.322 e. The number of ether oxygens (including phenoxy) is 1. The van der Waals surface area contributed by atoms with Gasteiger partial charge in [0, 0.05) is 16.8 Å². The summed E-state index contributed by atoms with van der Waals surface area (Å²) in [6.45, 7) is 1.96. The average molecular weight is 246 g/mol. The van der Waals surface area contributed by atoms with Gasteiger partial charge < -0.3 is 10.5 Å². The van der Waals surface area contributed by atoms with Crippen LogP contribution in [0.5, 0.6) is 0 Å². The van der Waals surface area contributed by atoms with Crippen LogP contribution >= 0.6 is 23.1 Å². The van der Waals surface area contributed by atoms with E-state index in [0.29, 0.717) is 6.42 Å². The Hall–Kier alpha value is -0.590. The maximum absolute atomic E-state index is 11.0. The van der Waals surface area contributed by atoms with Crippen LogP contribution in [0.25, 0.3) is 0 Å². The number of carbonyl (C=O) groups is 1. The number of methoxy groups -OCH3 is 1. The Morgan fingerprint density at radius 3 is 3.07 bits per heavy atom. The van der Waals surface area contributed by atoms with E-state index in [2.05, 4.69) is 9.72 Å². The Morgan fingerprint density at radius 2 is 2.53 bits per heavy atom. The molecule has 0 aliphatic carbocycles. The van der Waals surface area contributed by atoms with Crippen LogP contribution in [0.4, 0.5) is 0 Å². The molecular weight excluding hydrogens is 232 g/mol. The number of hydrogen-bond acceptors (Lipinski definition) is 6. The van der Waals surface area contributed by atoms with Gasteiger partial charge in [-0.1, -0.05) is 11.8 Å². The van der Waals surface area contributed by atoms with Crippen LogP contribution in [0.3, 0.4) is 0 Å². The minimum Gasteiger partial charge on any atom is -0.468 e. The smallest absolute Gasteiger partial charge is 0.322 e. The van der Waals surface area contributed by atoms with Crippen molar-refractivity contribution in [3.8, 4) is 0 Å². The first-order valence-electron chi connectivity index (χ1n) is 4.52. The van der Waals surface area contributed by atoms with E-state index in [1.165, 1.54) is 7.11 Å². The van der Waals surface area contributed by atoms with Crippen molar-refractivity contribution in [3.05, 3.63) is 11.1 Å². The van der Waals surface area contributed by atoms with Gasteiger partial charge in [0.2, 0.25) is 0 Å². The van der Waals surface area contributed by atoms with E-state index in [1.54, 1.807) is 23.1 Å². The minimum atomic E-state index is -0.524. The van der Waals surface area contributed by atoms with Crippen molar-refractivity contribution in [2.45, 2.75) is 23.7 Å². The standard InChI is InChI=1S/C9H14N2O2S2/c1-6-5-15-9(11-6)14-4-3-7(10)8(12)13-2/h5,7H,3-4,10H2,1-2H3. The summed E-state index contributed by atoms with van der Waals surface area (Å²) in [4.78, 5) is 15.3. The molecular formula is C9H14N2O2S2. The van der Waals surface area contributed by atoms with Crippen LogP contribution in [-0.4, -0.2) is 29.9 Å². The summed E-state index contributed by atoms with van der Waals surface area (Å²) in [7, 11) is 1.35. The van der Waals surface area contributed by atoms with Crippen LogP contribution in [0.15, 0.2) is 9.72 Å². The third-order valence-electron chi connectivity index (χ3n) is 1.76. The van der Waals surface area contributed by atoms with Gasteiger partial charge in [0.1, 0.15) is 10.4 Å². The van der Waals surface area contributed by atoms with Crippen LogP contribution in [0, 0.1) is 6.92 Å². The summed E-state index contributed by atoms with van der Waals surface area (Å²) < 4.78 is 5.55. The summed E-state index contributed by atoms with van der Waals surface area (Å²) in [5.41, 5.74) is 6.62. The topological polar surface area (TPSA) is 65.2 Å². The Balaban J connectivity index is 2.24. The molecule has 0 aliphatic rings. The van der Waals surface area contributed by atoms with Crippen LogP contribution in [-0.2, 0) is 9.53 Å². The molecule has 6 heteroatoms. The van der Waals surface area contributed by atoms with E-state index in [4.69, 9.17) is 5.73 Å². The zero-order chi connectivity index (χ0) is 11.3. The predicted molar refractivity (Wildman–Crippen MR) is 62.2 cm³/mol. The second kappa shape index (κ2) is 6.09. The lowest BCUT2D eigenvalue weighted by molar-refractivity contribution is -0.142. The highest BCUT2D eigenvalue weighted by molar-refractivity contribution is 8.01. The van der Waals surface area contributed by atoms with Crippen molar-refractivity contribution < 1.29 is 9.53 Å². The summed E-state index contributed by atoms with van der Waals surface area (Å²) in [6.07, 6.45) is 0.607. The van der Waals surface area contributed by atoms with Gasteiger partial charge >= 0.3 is 5.97 Å². The first kappa shape index (κ1) is 12.5. The van der Waals surface area contributed by atoms with Gasteiger partial charge in [-0.05, 0) is 13.3 Å². The molecule has 0 spiro atoms. The predicted octanol–water partition coefficient (Wildman–Crippen LogP) is 1.43. The minimum absolute atomic E-state index is 0.356. The molecule has 0 bridgehead atoms. The molecule has 0 aromatic carbocycles. The highest BCUT2D eigenvalue weighted by Gasteiger charge is 2.13. The maximum atomic E-state index is 11.0. The Kier molecular flexibility index (Phi) is 5.07. The first-order valence-corrected chi connectivity index (χ1v) is 6.38. The molecule has 1 rings (SSSR count). The van der Waals surface area contributed by atoms with Gasteiger partial charge in [-0.15, -0.1) is 11.3 Å². The van der Waals surface area contributed by atoms with E-state index in [9.17, 15) is 4.79 Å². The number of esters is 1. The second-order valence-corrected chi connectivity index (χ2v) is 5.22. The van der Waals surface area contributed by atoms with Crippen molar-refractivity contribution in [1.29, 1.82) is 0 Å². The number of aromatic nitrogens is 1. The molecule has 0 saturated carbocycles. The summed E-state index contributed by atoms with van der Waals surface area (Å²) in [5.74, 6) is 0.425. The molecule has 0 radical (unpaired) electrons. The molecule has 1 aromatic rings. The molecule has 0 fully saturated rings. The lowest BCUT2D eigenvalue weighted by Gasteiger charge is -2.07. The number of carbonyl (C=O) groups excluding carboxylic acids is 1. The van der Waals surface area contributed by atoms with Crippen molar-refractivity contribution in [1.82, 2.24) is 4.98 Å². The van der Waals surface area contributed by atoms with Crippen molar-refractivity contribution in [3.63, 3.8) is 0 Å². The normalized spacial score (nSPS) is 12.5. The molecule has 15 heavy (non-hydrogen) atoms. The lowest BCUT2D eigenvalue weighted by Crippen LogP contribution is -2.31. The zero-order valence-corrected chi connectivity index (χ0v) is 10.4. The fraction of sp³-hybridized carbons (Fsp3) is 0.556.